The Kier molecular flexibility index (Phi) is 4.60. The average Bonchev–Trinajstić information content (AvgIpc) is 2.76. The number of rotatable bonds is 4. The summed E-state index contributed by atoms with van der Waals surface area (Å²) in [4.78, 5) is 4.43. The third kappa shape index (κ3) is 3.43. The Morgan fingerprint density at radius 3 is 2.69 bits per heavy atom. The largest absolute Gasteiger partial charge is 0.213 e. The van der Waals surface area contributed by atoms with Crippen LogP contribution in [0.25, 0.3) is 0 Å². The predicted molar refractivity (Wildman–Crippen MR) is 78.0 cm³/mol. The summed E-state index contributed by atoms with van der Waals surface area (Å²) in [6.45, 7) is 2.08. The lowest BCUT2D eigenvalue weighted by molar-refractivity contribution is 0.971. The molecule has 0 aliphatic carbocycles. The van der Waals surface area contributed by atoms with Crippen LogP contribution in [0.3, 0.4) is 0 Å². The second kappa shape index (κ2) is 5.97. The first-order chi connectivity index (χ1) is 7.78. The van der Waals surface area contributed by atoms with Crippen molar-refractivity contribution in [1.82, 2.24) is 9.36 Å². The maximum Gasteiger partial charge on any atom is 0.170 e. The van der Waals surface area contributed by atoms with Crippen LogP contribution in [0, 0.1) is 3.57 Å². The zero-order valence-electron chi connectivity index (χ0n) is 8.81. The first-order valence-corrected chi connectivity index (χ1v) is 7.81. The topological polar surface area (TPSA) is 25.8 Å². The third-order valence-corrected chi connectivity index (χ3v) is 4.70. The molecular weight excluding hydrogens is 351 g/mol. The van der Waals surface area contributed by atoms with Crippen LogP contribution in [0.2, 0.25) is 0 Å². The number of nitrogens with zero attached hydrogens (tertiary/aromatic N) is 2. The van der Waals surface area contributed by atoms with Crippen molar-refractivity contribution in [1.29, 1.82) is 0 Å². The molecule has 1 aromatic carbocycles. The van der Waals surface area contributed by atoms with Gasteiger partial charge in [0.15, 0.2) is 4.34 Å². The zero-order chi connectivity index (χ0) is 11.4. The Labute approximate surface area is 117 Å². The molecule has 0 fully saturated rings. The van der Waals surface area contributed by atoms with Gasteiger partial charge in [0.05, 0.1) is 0 Å². The van der Waals surface area contributed by atoms with Crippen molar-refractivity contribution in [2.75, 3.05) is 0 Å². The molecule has 2 rings (SSSR count). The van der Waals surface area contributed by atoms with Gasteiger partial charge >= 0.3 is 0 Å². The Hall–Kier alpha value is -0.140. The Balaban J connectivity index is 1.94. The Morgan fingerprint density at radius 1 is 1.31 bits per heavy atom. The molecule has 2 nitrogen and oxygen atoms in total. The maximum absolute atomic E-state index is 4.43. The second-order valence-electron chi connectivity index (χ2n) is 3.25. The molecule has 16 heavy (non-hydrogen) atoms. The molecular formula is C11H11IN2S2. The van der Waals surface area contributed by atoms with Crippen LogP contribution in [-0.4, -0.2) is 9.36 Å². The fourth-order valence-corrected chi connectivity index (χ4v) is 3.18. The van der Waals surface area contributed by atoms with Crippen molar-refractivity contribution in [2.24, 2.45) is 0 Å². The van der Waals surface area contributed by atoms with Gasteiger partial charge in [-0.05, 0) is 51.8 Å². The number of hydrogen-bond donors (Lipinski definition) is 0. The van der Waals surface area contributed by atoms with E-state index in [1.54, 1.807) is 11.8 Å². The molecule has 84 valence electrons. The molecule has 0 saturated heterocycles. The van der Waals surface area contributed by atoms with E-state index in [2.05, 4.69) is 63.1 Å². The van der Waals surface area contributed by atoms with Gasteiger partial charge in [-0.15, -0.1) is 0 Å². The molecule has 0 unspecified atom stereocenters. The molecule has 1 aromatic heterocycles. The fraction of sp³-hybridized carbons (Fsp3) is 0.273. The minimum Gasteiger partial charge on any atom is -0.213 e. The fourth-order valence-electron chi connectivity index (χ4n) is 1.17. The zero-order valence-corrected chi connectivity index (χ0v) is 12.6. The van der Waals surface area contributed by atoms with Gasteiger partial charge in [-0.1, -0.05) is 30.8 Å². The summed E-state index contributed by atoms with van der Waals surface area (Å²) in [5.74, 6) is 1.92. The normalized spacial score (nSPS) is 10.6. The van der Waals surface area contributed by atoms with Gasteiger partial charge < -0.3 is 0 Å². The molecule has 5 heteroatoms. The summed E-state index contributed by atoms with van der Waals surface area (Å²) in [5, 5.41) is 0. The molecule has 0 aliphatic rings. The number of benzene rings is 1. The molecule has 0 atom stereocenters. The van der Waals surface area contributed by atoms with Gasteiger partial charge in [-0.25, -0.2) is 4.98 Å². The van der Waals surface area contributed by atoms with Gasteiger partial charge in [-0.3, -0.25) is 0 Å². The van der Waals surface area contributed by atoms with Crippen LogP contribution < -0.4 is 0 Å². The smallest absolute Gasteiger partial charge is 0.170 e. The summed E-state index contributed by atoms with van der Waals surface area (Å²) in [5.41, 5.74) is 1.33. The first-order valence-electron chi connectivity index (χ1n) is 4.97. The van der Waals surface area contributed by atoms with Crippen LogP contribution in [0.15, 0.2) is 28.6 Å². The monoisotopic (exact) mass is 362 g/mol. The molecule has 0 bridgehead atoms. The lowest BCUT2D eigenvalue weighted by Crippen LogP contribution is -1.82. The van der Waals surface area contributed by atoms with Crippen molar-refractivity contribution >= 4 is 45.9 Å². The molecule has 0 aliphatic heterocycles. The summed E-state index contributed by atoms with van der Waals surface area (Å²) in [6, 6.07) is 8.59. The van der Waals surface area contributed by atoms with Crippen LogP contribution in [0.1, 0.15) is 18.3 Å². The highest BCUT2D eigenvalue weighted by atomic mass is 127. The van der Waals surface area contributed by atoms with Gasteiger partial charge in [0, 0.05) is 15.7 Å². The maximum atomic E-state index is 4.43. The van der Waals surface area contributed by atoms with Crippen LogP contribution in [0.5, 0.6) is 0 Å². The minimum atomic E-state index is 0.917. The van der Waals surface area contributed by atoms with E-state index in [0.717, 1.165) is 22.3 Å². The standard InChI is InChI=1S/C11H11IN2S2/c1-2-10-13-11(16-14-10)15-7-8-3-5-9(12)6-4-8/h3-6H,2,7H2,1H3. The van der Waals surface area contributed by atoms with Gasteiger partial charge in [-0.2, -0.15) is 4.37 Å². The SMILES string of the molecule is CCc1nsc(SCc2ccc(I)cc2)n1. The summed E-state index contributed by atoms with van der Waals surface area (Å²) >= 11 is 5.57. The molecule has 0 amide bonds. The predicted octanol–water partition coefficient (Wildman–Crippen LogP) is 4.00. The second-order valence-corrected chi connectivity index (χ2v) is 6.47. The molecule has 2 aromatic rings. The third-order valence-electron chi connectivity index (χ3n) is 2.04. The number of aromatic nitrogens is 2. The minimum absolute atomic E-state index is 0.917. The van der Waals surface area contributed by atoms with Crippen molar-refractivity contribution in [3.63, 3.8) is 0 Å². The van der Waals surface area contributed by atoms with E-state index in [0.29, 0.717) is 0 Å². The van der Waals surface area contributed by atoms with Gasteiger partial charge in [0.2, 0.25) is 0 Å². The van der Waals surface area contributed by atoms with Crippen LogP contribution in [-0.2, 0) is 12.2 Å². The van der Waals surface area contributed by atoms with Gasteiger partial charge in [0.25, 0.3) is 0 Å². The van der Waals surface area contributed by atoms with E-state index in [-0.39, 0.29) is 0 Å². The van der Waals surface area contributed by atoms with Gasteiger partial charge in [0.1, 0.15) is 5.82 Å². The van der Waals surface area contributed by atoms with Crippen molar-refractivity contribution in [3.05, 3.63) is 39.2 Å². The number of aryl methyl sites for hydroxylation is 1. The van der Waals surface area contributed by atoms with E-state index in [1.807, 2.05) is 0 Å². The highest BCUT2D eigenvalue weighted by Crippen LogP contribution is 2.24. The lowest BCUT2D eigenvalue weighted by Gasteiger charge is -1.98. The van der Waals surface area contributed by atoms with Crippen molar-refractivity contribution < 1.29 is 0 Å². The molecule has 1 heterocycles. The van der Waals surface area contributed by atoms with Crippen LogP contribution >= 0.6 is 45.9 Å². The molecule has 0 N–H and O–H groups in total. The lowest BCUT2D eigenvalue weighted by atomic mass is 10.2. The Bertz CT molecular complexity index is 453. The summed E-state index contributed by atoms with van der Waals surface area (Å²) in [7, 11) is 0. The van der Waals surface area contributed by atoms with Crippen molar-refractivity contribution in [2.45, 2.75) is 23.4 Å². The average molecular weight is 362 g/mol. The first kappa shape index (κ1) is 12.3. The summed E-state index contributed by atoms with van der Waals surface area (Å²) < 4.78 is 6.61. The number of thioether (sulfide) groups is 1. The number of halogens is 1. The highest BCUT2D eigenvalue weighted by Gasteiger charge is 2.03. The van der Waals surface area contributed by atoms with E-state index in [4.69, 9.17) is 0 Å². The molecule has 0 saturated carbocycles. The van der Waals surface area contributed by atoms with Crippen molar-refractivity contribution in [3.8, 4) is 0 Å². The molecule has 0 spiro atoms. The number of hydrogen-bond acceptors (Lipinski definition) is 4. The van der Waals surface area contributed by atoms with Crippen LogP contribution in [0.4, 0.5) is 0 Å². The van der Waals surface area contributed by atoms with E-state index >= 15 is 0 Å². The highest BCUT2D eigenvalue weighted by molar-refractivity contribution is 14.1. The molecule has 0 radical (unpaired) electrons. The van der Waals surface area contributed by atoms with E-state index in [9.17, 15) is 0 Å². The Morgan fingerprint density at radius 2 is 2.06 bits per heavy atom. The van der Waals surface area contributed by atoms with E-state index in [1.165, 1.54) is 20.7 Å². The van der Waals surface area contributed by atoms with E-state index < -0.39 is 0 Å². The quantitative estimate of drug-likeness (QED) is 0.608. The summed E-state index contributed by atoms with van der Waals surface area (Å²) in [6.07, 6.45) is 0.917.